The molecular weight excluding hydrogens is 402 g/mol. The van der Waals surface area contributed by atoms with Crippen LogP contribution in [0.4, 0.5) is 18.9 Å². The lowest BCUT2D eigenvalue weighted by molar-refractivity contribution is -0.136. The minimum absolute atomic E-state index is 0.0119. The van der Waals surface area contributed by atoms with Gasteiger partial charge in [0, 0.05) is 23.2 Å². The molecule has 1 aromatic heterocycles. The maximum Gasteiger partial charge on any atom is 0.417 e. The molecule has 3 aromatic rings. The summed E-state index contributed by atoms with van der Waals surface area (Å²) in [6.45, 7) is 0.148. The Labute approximate surface area is 162 Å². The van der Waals surface area contributed by atoms with E-state index in [4.69, 9.17) is 28.9 Å². The maximum atomic E-state index is 13.3. The van der Waals surface area contributed by atoms with Crippen LogP contribution in [0.2, 0.25) is 10.0 Å². The average Bonchev–Trinajstić information content (AvgIpc) is 2.61. The summed E-state index contributed by atoms with van der Waals surface area (Å²) >= 11 is 11.7. The lowest BCUT2D eigenvalue weighted by Crippen LogP contribution is -2.24. The summed E-state index contributed by atoms with van der Waals surface area (Å²) in [6, 6.07) is 8.66. The van der Waals surface area contributed by atoms with Crippen molar-refractivity contribution in [1.29, 1.82) is 0 Å². The lowest BCUT2D eigenvalue weighted by Gasteiger charge is -2.15. The van der Waals surface area contributed by atoms with Crippen molar-refractivity contribution in [3.63, 3.8) is 0 Å². The van der Waals surface area contributed by atoms with Crippen LogP contribution in [0.1, 0.15) is 21.5 Å². The average molecular weight is 414 g/mol. The number of hydrogen-bond acceptors (Lipinski definition) is 3. The molecule has 3 N–H and O–H groups in total. The minimum atomic E-state index is -4.67. The van der Waals surface area contributed by atoms with Crippen LogP contribution >= 0.6 is 23.2 Å². The molecule has 0 aliphatic heterocycles. The Kier molecular flexibility index (Phi) is 5.17. The van der Waals surface area contributed by atoms with Crippen LogP contribution in [0.5, 0.6) is 0 Å². The summed E-state index contributed by atoms with van der Waals surface area (Å²) in [6.07, 6.45) is -3.56. The molecule has 1 heterocycles. The zero-order chi connectivity index (χ0) is 19.8. The molecule has 0 aliphatic carbocycles. The molecule has 0 radical (unpaired) electrons. The van der Waals surface area contributed by atoms with E-state index in [1.807, 2.05) is 0 Å². The van der Waals surface area contributed by atoms with Crippen LogP contribution in [0.15, 0.2) is 42.6 Å². The van der Waals surface area contributed by atoms with Gasteiger partial charge in [0.05, 0.1) is 27.4 Å². The number of alkyl halides is 3. The van der Waals surface area contributed by atoms with Gasteiger partial charge in [0.15, 0.2) is 0 Å². The van der Waals surface area contributed by atoms with E-state index in [0.29, 0.717) is 5.02 Å². The molecule has 3 rings (SSSR count). The molecule has 0 saturated carbocycles. The van der Waals surface area contributed by atoms with E-state index >= 15 is 0 Å². The van der Waals surface area contributed by atoms with Crippen LogP contribution in [-0.4, -0.2) is 10.9 Å². The predicted octanol–water partition coefficient (Wildman–Crippen LogP) is 5.07. The maximum absolute atomic E-state index is 13.3. The number of fused-ring (bicyclic) bond motifs is 1. The molecule has 0 bridgehead atoms. The van der Waals surface area contributed by atoms with E-state index in [9.17, 15) is 18.0 Å². The van der Waals surface area contributed by atoms with Crippen molar-refractivity contribution in [2.75, 3.05) is 5.73 Å². The van der Waals surface area contributed by atoms with Gasteiger partial charge in [-0.3, -0.25) is 9.78 Å². The number of carbonyl (C=O) groups is 1. The number of halogens is 5. The second-order valence-corrected chi connectivity index (χ2v) is 6.55. The zero-order valence-corrected chi connectivity index (χ0v) is 15.1. The fourth-order valence-corrected chi connectivity index (χ4v) is 2.93. The number of nitrogens with zero attached hydrogens (tertiary/aromatic N) is 1. The van der Waals surface area contributed by atoms with E-state index in [1.54, 1.807) is 24.3 Å². The molecule has 4 nitrogen and oxygen atoms in total. The largest absolute Gasteiger partial charge is 0.417 e. The van der Waals surface area contributed by atoms with Crippen molar-refractivity contribution in [3.8, 4) is 0 Å². The van der Waals surface area contributed by atoms with E-state index in [-0.39, 0.29) is 28.3 Å². The summed E-state index contributed by atoms with van der Waals surface area (Å²) in [5, 5.41) is 2.76. The first-order valence-electron chi connectivity index (χ1n) is 7.65. The first-order chi connectivity index (χ1) is 12.7. The van der Waals surface area contributed by atoms with Gasteiger partial charge in [-0.25, -0.2) is 0 Å². The second kappa shape index (κ2) is 7.25. The smallest absolute Gasteiger partial charge is 0.397 e. The number of amides is 1. The molecule has 0 saturated heterocycles. The fraction of sp³-hybridized carbons (Fsp3) is 0.111. The van der Waals surface area contributed by atoms with Crippen molar-refractivity contribution < 1.29 is 18.0 Å². The van der Waals surface area contributed by atoms with Crippen molar-refractivity contribution in [3.05, 3.63) is 69.3 Å². The number of pyridine rings is 1. The van der Waals surface area contributed by atoms with Gasteiger partial charge in [-0.15, -0.1) is 0 Å². The Morgan fingerprint density at radius 2 is 1.78 bits per heavy atom. The number of hydrogen-bond donors (Lipinski definition) is 2. The lowest BCUT2D eigenvalue weighted by atomic mass is 10.0. The quantitative estimate of drug-likeness (QED) is 0.629. The first kappa shape index (κ1) is 19.3. The third kappa shape index (κ3) is 3.94. The number of nitrogen functional groups attached to an aromatic ring is 1. The third-order valence-electron chi connectivity index (χ3n) is 3.93. The summed E-state index contributed by atoms with van der Waals surface area (Å²) in [7, 11) is 0. The molecule has 1 amide bonds. The molecule has 140 valence electrons. The number of rotatable bonds is 3. The fourth-order valence-electron chi connectivity index (χ4n) is 2.59. The van der Waals surface area contributed by atoms with Crippen LogP contribution < -0.4 is 11.1 Å². The van der Waals surface area contributed by atoms with Gasteiger partial charge in [-0.05, 0) is 29.8 Å². The number of carbonyl (C=O) groups excluding carboxylic acids is 1. The second-order valence-electron chi connectivity index (χ2n) is 5.71. The Morgan fingerprint density at radius 1 is 1.11 bits per heavy atom. The summed E-state index contributed by atoms with van der Waals surface area (Å²) in [5.41, 5.74) is 5.05. The van der Waals surface area contributed by atoms with Crippen LogP contribution in [0, 0.1) is 0 Å². The highest BCUT2D eigenvalue weighted by Gasteiger charge is 2.34. The topological polar surface area (TPSA) is 68.0 Å². The predicted molar refractivity (Wildman–Crippen MR) is 98.8 cm³/mol. The van der Waals surface area contributed by atoms with Crippen molar-refractivity contribution in [1.82, 2.24) is 10.3 Å². The number of aromatic nitrogens is 1. The summed E-state index contributed by atoms with van der Waals surface area (Å²) in [4.78, 5) is 16.3. The van der Waals surface area contributed by atoms with Crippen LogP contribution in [0.3, 0.4) is 0 Å². The van der Waals surface area contributed by atoms with Crippen LogP contribution in [0.25, 0.3) is 10.9 Å². The number of anilines is 1. The van der Waals surface area contributed by atoms with Gasteiger partial charge in [0.25, 0.3) is 5.91 Å². The highest BCUT2D eigenvalue weighted by molar-refractivity contribution is 6.35. The zero-order valence-electron chi connectivity index (χ0n) is 13.6. The standard InChI is InChI=1S/C18H12Cl2F3N3O/c19-10-3-1-9(2-4-10)7-26-17(27)11-8-25-16-13(20)6-5-12(18(21,22)23)14(16)15(11)24/h1-6,8H,7H2,(H2,24,25)(H,26,27). The minimum Gasteiger partial charge on any atom is -0.397 e. The Morgan fingerprint density at radius 3 is 2.41 bits per heavy atom. The normalized spacial score (nSPS) is 11.6. The van der Waals surface area contributed by atoms with Gasteiger partial charge < -0.3 is 11.1 Å². The van der Waals surface area contributed by atoms with Gasteiger partial charge in [-0.1, -0.05) is 35.3 Å². The molecule has 0 fully saturated rings. The Hall–Kier alpha value is -2.51. The third-order valence-corrected chi connectivity index (χ3v) is 4.48. The van der Waals surface area contributed by atoms with Gasteiger partial charge in [-0.2, -0.15) is 13.2 Å². The molecule has 0 spiro atoms. The van der Waals surface area contributed by atoms with Gasteiger partial charge in [0.2, 0.25) is 0 Å². The number of benzene rings is 2. The number of nitrogens with one attached hydrogen (secondary N) is 1. The monoisotopic (exact) mass is 413 g/mol. The van der Waals surface area contributed by atoms with E-state index in [2.05, 4.69) is 10.3 Å². The molecule has 27 heavy (non-hydrogen) atoms. The molecule has 0 unspecified atom stereocenters. The molecule has 2 aromatic carbocycles. The van der Waals surface area contributed by atoms with E-state index < -0.39 is 23.0 Å². The van der Waals surface area contributed by atoms with Gasteiger partial charge >= 0.3 is 6.18 Å². The number of nitrogens with two attached hydrogens (primary N) is 1. The first-order valence-corrected chi connectivity index (χ1v) is 8.40. The molecular formula is C18H12Cl2F3N3O. The highest BCUT2D eigenvalue weighted by atomic mass is 35.5. The molecule has 9 heteroatoms. The van der Waals surface area contributed by atoms with Crippen LogP contribution in [-0.2, 0) is 12.7 Å². The van der Waals surface area contributed by atoms with Gasteiger partial charge in [0.1, 0.15) is 0 Å². The molecule has 0 aliphatic rings. The SMILES string of the molecule is Nc1c(C(=O)NCc2ccc(Cl)cc2)cnc2c(Cl)ccc(C(F)(F)F)c12. The highest BCUT2D eigenvalue weighted by Crippen LogP contribution is 2.40. The van der Waals surface area contributed by atoms with E-state index in [1.165, 1.54) is 0 Å². The van der Waals surface area contributed by atoms with Crippen molar-refractivity contribution in [2.24, 2.45) is 0 Å². The molecule has 0 atom stereocenters. The summed E-state index contributed by atoms with van der Waals surface area (Å²) in [5.74, 6) is -0.648. The van der Waals surface area contributed by atoms with Crippen molar-refractivity contribution >= 4 is 45.7 Å². The van der Waals surface area contributed by atoms with E-state index in [0.717, 1.165) is 23.9 Å². The summed E-state index contributed by atoms with van der Waals surface area (Å²) < 4.78 is 40.0. The Balaban J connectivity index is 1.98. The van der Waals surface area contributed by atoms with Crippen molar-refractivity contribution in [2.45, 2.75) is 12.7 Å². The Bertz CT molecular complexity index is 1020.